The van der Waals surface area contributed by atoms with Crippen LogP contribution in [0.25, 0.3) is 29.9 Å². The minimum absolute atomic E-state index is 0.200. The molecule has 10 rings (SSSR count). The predicted octanol–water partition coefficient (Wildman–Crippen LogP) is 12.7. The van der Waals surface area contributed by atoms with Crippen LogP contribution in [0, 0.1) is 0 Å². The number of aromatic nitrogens is 1. The Balaban J connectivity index is 0.000000279. The Morgan fingerprint density at radius 3 is 2.25 bits per heavy atom. The molecule has 3 heteroatoms. The number of rotatable bonds is 3. The van der Waals surface area contributed by atoms with E-state index in [-0.39, 0.29) is 5.41 Å². The summed E-state index contributed by atoms with van der Waals surface area (Å²) in [4.78, 5) is 7.20. The van der Waals surface area contributed by atoms with E-state index < -0.39 is 0 Å². The van der Waals surface area contributed by atoms with Gasteiger partial charge in [-0.2, -0.15) is 0 Å². The van der Waals surface area contributed by atoms with Gasteiger partial charge in [0.25, 0.3) is 0 Å². The summed E-state index contributed by atoms with van der Waals surface area (Å²) in [6, 6.07) is 37.1. The molecular formula is C49H45N3. The Labute approximate surface area is 308 Å². The molecule has 1 aromatic heterocycles. The van der Waals surface area contributed by atoms with Crippen molar-refractivity contribution in [3.63, 3.8) is 0 Å². The van der Waals surface area contributed by atoms with Crippen LogP contribution in [-0.4, -0.2) is 11.5 Å². The minimum Gasteiger partial charge on any atom is -0.385 e. The molecule has 3 heterocycles. The van der Waals surface area contributed by atoms with Gasteiger partial charge in [0.1, 0.15) is 0 Å². The number of hydrogen-bond acceptors (Lipinski definition) is 3. The van der Waals surface area contributed by atoms with Gasteiger partial charge in [0.2, 0.25) is 0 Å². The van der Waals surface area contributed by atoms with E-state index in [4.69, 9.17) is 4.98 Å². The average molecular weight is 676 g/mol. The first-order chi connectivity index (χ1) is 25.8. The van der Waals surface area contributed by atoms with Crippen molar-refractivity contribution in [2.45, 2.75) is 56.8 Å². The van der Waals surface area contributed by atoms with Crippen LogP contribution in [-0.2, 0) is 11.8 Å². The first kappa shape index (κ1) is 32.3. The molecule has 5 aromatic rings. The van der Waals surface area contributed by atoms with E-state index in [0.29, 0.717) is 0 Å². The van der Waals surface area contributed by atoms with Gasteiger partial charge in [0, 0.05) is 17.6 Å². The fraction of sp³-hybridized carbons (Fsp3) is 0.204. The number of nitrogens with zero attached hydrogens (tertiary/aromatic N) is 2. The number of aryl methyl sites for hydroxylation is 1. The summed E-state index contributed by atoms with van der Waals surface area (Å²) in [5.41, 5.74) is 17.1. The highest BCUT2D eigenvalue weighted by Crippen LogP contribution is 2.57. The smallest absolute Gasteiger partial charge is 0.0645 e. The maximum Gasteiger partial charge on any atom is 0.0645 e. The third kappa shape index (κ3) is 6.05. The lowest BCUT2D eigenvalue weighted by molar-refractivity contribution is 0.545. The molecule has 52 heavy (non-hydrogen) atoms. The molecule has 0 radical (unpaired) electrons. The molecular weight excluding hydrogens is 631 g/mol. The first-order valence-electron chi connectivity index (χ1n) is 19.1. The van der Waals surface area contributed by atoms with Crippen molar-refractivity contribution in [1.29, 1.82) is 0 Å². The van der Waals surface area contributed by atoms with E-state index in [1.165, 1.54) is 89.6 Å². The molecule has 5 aliphatic rings. The van der Waals surface area contributed by atoms with Gasteiger partial charge in [-0.1, -0.05) is 128 Å². The second-order valence-electron chi connectivity index (χ2n) is 14.6. The van der Waals surface area contributed by atoms with E-state index in [2.05, 4.69) is 162 Å². The van der Waals surface area contributed by atoms with Gasteiger partial charge in [-0.05, 0) is 119 Å². The molecule has 3 nitrogen and oxygen atoms in total. The Morgan fingerprint density at radius 2 is 1.46 bits per heavy atom. The zero-order valence-electron chi connectivity index (χ0n) is 29.8. The highest BCUT2D eigenvalue weighted by molar-refractivity contribution is 5.93. The van der Waals surface area contributed by atoms with Crippen LogP contribution >= 0.6 is 0 Å². The third-order valence-electron chi connectivity index (χ3n) is 11.5. The molecule has 4 aromatic carbocycles. The lowest BCUT2D eigenvalue weighted by atomic mass is 9.75. The topological polar surface area (TPSA) is 28.2 Å². The van der Waals surface area contributed by atoms with Crippen molar-refractivity contribution in [2.75, 3.05) is 16.8 Å². The number of pyridine rings is 1. The Kier molecular flexibility index (Phi) is 8.78. The van der Waals surface area contributed by atoms with Crippen LogP contribution in [0.3, 0.4) is 0 Å². The molecule has 3 aliphatic carbocycles. The van der Waals surface area contributed by atoms with Gasteiger partial charge >= 0.3 is 0 Å². The van der Waals surface area contributed by atoms with E-state index in [9.17, 15) is 0 Å². The zero-order chi connectivity index (χ0) is 34.7. The van der Waals surface area contributed by atoms with Crippen LogP contribution in [0.1, 0.15) is 84.0 Å². The quantitative estimate of drug-likeness (QED) is 0.202. The second kappa shape index (κ2) is 14.2. The summed E-state index contributed by atoms with van der Waals surface area (Å²) in [6.07, 6.45) is 30.0. The van der Waals surface area contributed by atoms with Crippen molar-refractivity contribution in [3.8, 4) is 0 Å². The zero-order valence-corrected chi connectivity index (χ0v) is 29.8. The van der Waals surface area contributed by atoms with Gasteiger partial charge in [0.05, 0.1) is 29.0 Å². The molecule has 0 amide bonds. The number of nitrogens with one attached hydrogen (secondary N) is 1. The van der Waals surface area contributed by atoms with Gasteiger partial charge in [-0.15, -0.1) is 0 Å². The summed E-state index contributed by atoms with van der Waals surface area (Å²) in [7, 11) is 0. The molecule has 0 atom stereocenters. The number of para-hydroxylation sites is 3. The standard InChI is InChI=1S/C39H32N2.C10H13N/c1-2-12-33-34-23-17-28(26-36(34)39(24-8-9-25-39)35(33)13-3-1)16-20-31-21-22-32(27-40-31)41-37-14-6-4-10-29(37)18-19-30-11-5-7-15-38(30)41;1-2-7-10-9(5-1)6-3-4-8-11-10/h1-7,10-11,13-23,26-27H,8-9,12,24-25H2;1-2,5,7,11H,3-4,6,8H2/b20-16+;. The van der Waals surface area contributed by atoms with Crippen molar-refractivity contribution >= 4 is 52.6 Å². The van der Waals surface area contributed by atoms with E-state index in [1.54, 1.807) is 5.57 Å². The largest absolute Gasteiger partial charge is 0.385 e. The third-order valence-corrected chi connectivity index (χ3v) is 11.5. The second-order valence-corrected chi connectivity index (χ2v) is 14.6. The van der Waals surface area contributed by atoms with E-state index in [0.717, 1.165) is 35.7 Å². The van der Waals surface area contributed by atoms with Crippen LogP contribution in [0.4, 0.5) is 22.7 Å². The molecule has 1 saturated carbocycles. The van der Waals surface area contributed by atoms with Crippen LogP contribution in [0.2, 0.25) is 0 Å². The fourth-order valence-electron chi connectivity index (χ4n) is 8.95. The average Bonchev–Trinajstić information content (AvgIpc) is 3.46. The Bertz CT molecular complexity index is 2180. The summed E-state index contributed by atoms with van der Waals surface area (Å²) in [5, 5.41) is 3.43. The van der Waals surface area contributed by atoms with Gasteiger partial charge in [0.15, 0.2) is 0 Å². The van der Waals surface area contributed by atoms with Crippen LogP contribution < -0.4 is 10.2 Å². The molecule has 1 fully saturated rings. The molecule has 1 spiro atoms. The lowest BCUT2D eigenvalue weighted by Gasteiger charge is -2.28. The number of benzene rings is 4. The molecule has 0 bridgehead atoms. The number of hydrogen-bond donors (Lipinski definition) is 1. The summed E-state index contributed by atoms with van der Waals surface area (Å²) < 4.78 is 0. The van der Waals surface area contributed by atoms with E-state index in [1.807, 2.05) is 6.20 Å². The summed E-state index contributed by atoms with van der Waals surface area (Å²) in [6.45, 7) is 1.14. The van der Waals surface area contributed by atoms with Gasteiger partial charge in [-0.25, -0.2) is 0 Å². The highest BCUT2D eigenvalue weighted by atomic mass is 15.2. The van der Waals surface area contributed by atoms with Gasteiger partial charge < -0.3 is 10.2 Å². The van der Waals surface area contributed by atoms with E-state index >= 15 is 0 Å². The van der Waals surface area contributed by atoms with Crippen molar-refractivity contribution in [3.05, 3.63) is 178 Å². The molecule has 256 valence electrons. The SMILES string of the molecule is C1=CCC2=C(C=C1)C1(CCCC1)c1cc(/C=C/c3ccc(N4c5ccccc5C=Cc5ccccc54)cn3)ccc12.c1ccc2c(c1)CCCCN2. The van der Waals surface area contributed by atoms with Gasteiger partial charge in [-0.3, -0.25) is 4.98 Å². The Hall–Kier alpha value is -5.67. The van der Waals surface area contributed by atoms with Crippen molar-refractivity contribution < 1.29 is 0 Å². The maximum atomic E-state index is 4.88. The number of fused-ring (bicyclic) bond motifs is 7. The predicted molar refractivity (Wildman–Crippen MR) is 221 cm³/mol. The number of allylic oxidation sites excluding steroid dienone is 6. The highest BCUT2D eigenvalue weighted by Gasteiger charge is 2.45. The monoisotopic (exact) mass is 675 g/mol. The Morgan fingerprint density at radius 1 is 0.692 bits per heavy atom. The first-order valence-corrected chi connectivity index (χ1v) is 19.1. The van der Waals surface area contributed by atoms with Crippen LogP contribution in [0.15, 0.2) is 139 Å². The maximum absolute atomic E-state index is 4.88. The minimum atomic E-state index is 0.200. The summed E-state index contributed by atoms with van der Waals surface area (Å²) >= 11 is 0. The summed E-state index contributed by atoms with van der Waals surface area (Å²) in [5.74, 6) is 0. The number of anilines is 4. The molecule has 1 N–H and O–H groups in total. The molecule has 0 unspecified atom stereocenters. The van der Waals surface area contributed by atoms with Crippen LogP contribution in [0.5, 0.6) is 0 Å². The lowest BCUT2D eigenvalue weighted by Crippen LogP contribution is -2.21. The normalized spacial score (nSPS) is 17.6. The fourth-order valence-corrected chi connectivity index (χ4v) is 8.95. The molecule has 0 saturated heterocycles. The van der Waals surface area contributed by atoms with Crippen molar-refractivity contribution in [2.24, 2.45) is 0 Å². The van der Waals surface area contributed by atoms with Crippen molar-refractivity contribution in [1.82, 2.24) is 4.98 Å². The molecule has 2 aliphatic heterocycles.